The summed E-state index contributed by atoms with van der Waals surface area (Å²) in [5.74, 6) is -0.751. The topological polar surface area (TPSA) is 71.4 Å². The van der Waals surface area contributed by atoms with E-state index in [4.69, 9.17) is 5.11 Å². The molecule has 28 heavy (non-hydrogen) atoms. The molecule has 0 unspecified atom stereocenters. The molecule has 0 radical (unpaired) electrons. The summed E-state index contributed by atoms with van der Waals surface area (Å²) in [6.45, 7) is 8.23. The molecule has 0 atom stereocenters. The first-order chi connectivity index (χ1) is 13.0. The van der Waals surface area contributed by atoms with E-state index in [2.05, 4.69) is 13.8 Å². The monoisotopic (exact) mass is 398 g/mol. The fourth-order valence-corrected chi connectivity index (χ4v) is 5.74. The number of sulfone groups is 1. The molecule has 1 aliphatic heterocycles. The molecule has 0 fully saturated rings. The molecule has 2 aromatic carbocycles. The predicted molar refractivity (Wildman–Crippen MR) is 112 cm³/mol. The zero-order chi connectivity index (χ0) is 20.7. The molecule has 0 spiro atoms. The van der Waals surface area contributed by atoms with Crippen molar-refractivity contribution in [3.05, 3.63) is 64.2 Å². The molecule has 2 aromatic rings. The van der Waals surface area contributed by atoms with Crippen molar-refractivity contribution in [2.75, 3.05) is 5.75 Å². The van der Waals surface area contributed by atoms with Gasteiger partial charge in [-0.2, -0.15) is 0 Å². The van der Waals surface area contributed by atoms with Crippen molar-refractivity contribution in [3.8, 4) is 0 Å². The first-order valence-electron chi connectivity index (χ1n) is 9.47. The van der Waals surface area contributed by atoms with Crippen molar-refractivity contribution in [1.82, 2.24) is 0 Å². The number of hydrogen-bond donors (Lipinski definition) is 1. The zero-order valence-electron chi connectivity index (χ0n) is 16.7. The largest absolute Gasteiger partial charge is 0.478 e. The van der Waals surface area contributed by atoms with Crippen molar-refractivity contribution in [2.24, 2.45) is 0 Å². The second-order valence-corrected chi connectivity index (χ2v) is 10.1. The van der Waals surface area contributed by atoms with Gasteiger partial charge in [-0.3, -0.25) is 0 Å². The second-order valence-electron chi connectivity index (χ2n) is 8.07. The molecule has 1 N–H and O–H groups in total. The van der Waals surface area contributed by atoms with Crippen molar-refractivity contribution >= 4 is 27.5 Å². The number of carboxylic acid groups (broad SMARTS) is 1. The van der Waals surface area contributed by atoms with Gasteiger partial charge in [-0.1, -0.05) is 39.0 Å². The van der Waals surface area contributed by atoms with Crippen LogP contribution in [0.15, 0.2) is 41.3 Å². The fourth-order valence-electron chi connectivity index (χ4n) is 3.75. The summed E-state index contributed by atoms with van der Waals surface area (Å²) in [6, 6.07) is 10.6. The van der Waals surface area contributed by atoms with Crippen LogP contribution in [0.2, 0.25) is 0 Å². The molecular formula is C23H26O4S. The summed E-state index contributed by atoms with van der Waals surface area (Å²) in [5.41, 5.74) is 4.95. The number of allylic oxidation sites excluding steroid dienone is 1. The first kappa shape index (κ1) is 20.3. The van der Waals surface area contributed by atoms with Crippen LogP contribution in [0.1, 0.15) is 66.7 Å². The normalized spacial score (nSPS) is 17.8. The zero-order valence-corrected chi connectivity index (χ0v) is 17.6. The van der Waals surface area contributed by atoms with Gasteiger partial charge in [0.1, 0.15) is 0 Å². The first-order valence-corrected chi connectivity index (χ1v) is 11.1. The average Bonchev–Trinajstić information content (AvgIpc) is 2.65. The maximum atomic E-state index is 12.6. The maximum Gasteiger partial charge on any atom is 0.335 e. The lowest BCUT2D eigenvalue weighted by Crippen LogP contribution is -2.30. The van der Waals surface area contributed by atoms with E-state index >= 15 is 0 Å². The Labute approximate surface area is 166 Å². The van der Waals surface area contributed by atoms with E-state index in [0.29, 0.717) is 11.3 Å². The highest BCUT2D eigenvalue weighted by atomic mass is 32.2. The smallest absolute Gasteiger partial charge is 0.335 e. The van der Waals surface area contributed by atoms with Crippen LogP contribution in [0, 0.1) is 0 Å². The van der Waals surface area contributed by atoms with Gasteiger partial charge in [-0.05, 0) is 77.3 Å². The molecule has 0 saturated carbocycles. The van der Waals surface area contributed by atoms with Gasteiger partial charge in [0.15, 0.2) is 9.84 Å². The van der Waals surface area contributed by atoms with E-state index in [9.17, 15) is 13.2 Å². The summed E-state index contributed by atoms with van der Waals surface area (Å²) >= 11 is 0. The van der Waals surface area contributed by atoms with Crippen LogP contribution in [0.3, 0.4) is 0 Å². The van der Waals surface area contributed by atoms with Gasteiger partial charge < -0.3 is 5.11 Å². The lowest BCUT2D eigenvalue weighted by molar-refractivity contribution is 0.0697. The highest BCUT2D eigenvalue weighted by Gasteiger charge is 2.36. The Morgan fingerprint density at radius 3 is 2.39 bits per heavy atom. The third-order valence-electron chi connectivity index (χ3n) is 5.61. The second kappa shape index (κ2) is 7.21. The molecule has 0 amide bonds. The summed E-state index contributed by atoms with van der Waals surface area (Å²) in [7, 11) is -3.24. The minimum absolute atomic E-state index is 0.189. The molecule has 0 aromatic heterocycles. The van der Waals surface area contributed by atoms with Crippen molar-refractivity contribution in [1.29, 1.82) is 0 Å². The number of hydrogen-bond acceptors (Lipinski definition) is 3. The quantitative estimate of drug-likeness (QED) is 0.739. The molecule has 0 aliphatic carbocycles. The SMILES string of the molecule is CCc1cc2c(cc1/C(C)=C/c1ccc(C(=O)O)cc1)C(C)(C)CCS2(=O)=O. The Morgan fingerprint density at radius 1 is 1.18 bits per heavy atom. The third kappa shape index (κ3) is 3.76. The van der Waals surface area contributed by atoms with Crippen LogP contribution < -0.4 is 0 Å². The number of fused-ring (bicyclic) bond motifs is 1. The van der Waals surface area contributed by atoms with Gasteiger partial charge in [0.25, 0.3) is 0 Å². The highest BCUT2D eigenvalue weighted by Crippen LogP contribution is 2.41. The number of rotatable bonds is 4. The van der Waals surface area contributed by atoms with E-state index in [0.717, 1.165) is 34.2 Å². The Morgan fingerprint density at radius 2 is 1.82 bits per heavy atom. The summed E-state index contributed by atoms with van der Waals surface area (Å²) < 4.78 is 25.3. The minimum atomic E-state index is -3.24. The molecule has 0 bridgehead atoms. The van der Waals surface area contributed by atoms with Crippen LogP contribution in [0.25, 0.3) is 11.6 Å². The Hall–Kier alpha value is -2.40. The van der Waals surface area contributed by atoms with Gasteiger partial charge in [0, 0.05) is 0 Å². The van der Waals surface area contributed by atoms with Crippen LogP contribution in [-0.4, -0.2) is 25.2 Å². The minimum Gasteiger partial charge on any atom is -0.478 e. The van der Waals surface area contributed by atoms with E-state index in [1.165, 1.54) is 0 Å². The highest BCUT2D eigenvalue weighted by molar-refractivity contribution is 7.91. The van der Waals surface area contributed by atoms with Gasteiger partial charge in [0.05, 0.1) is 16.2 Å². The molecule has 1 heterocycles. The van der Waals surface area contributed by atoms with E-state index in [-0.39, 0.29) is 16.7 Å². The average molecular weight is 399 g/mol. The Balaban J connectivity index is 2.12. The molecular weight excluding hydrogens is 372 g/mol. The van der Waals surface area contributed by atoms with Crippen molar-refractivity contribution in [3.63, 3.8) is 0 Å². The van der Waals surface area contributed by atoms with Crippen molar-refractivity contribution < 1.29 is 18.3 Å². The lowest BCUT2D eigenvalue weighted by atomic mass is 9.79. The summed E-state index contributed by atoms with van der Waals surface area (Å²) in [6.07, 6.45) is 3.37. The van der Waals surface area contributed by atoms with Gasteiger partial charge >= 0.3 is 5.97 Å². The number of carboxylic acids is 1. The number of carbonyl (C=O) groups is 1. The number of aryl methyl sites for hydroxylation is 1. The van der Waals surface area contributed by atoms with E-state index in [1.54, 1.807) is 24.3 Å². The molecule has 0 saturated heterocycles. The maximum absolute atomic E-state index is 12.6. The number of benzene rings is 2. The van der Waals surface area contributed by atoms with Gasteiger partial charge in [-0.25, -0.2) is 13.2 Å². The van der Waals surface area contributed by atoms with E-state index < -0.39 is 15.8 Å². The summed E-state index contributed by atoms with van der Waals surface area (Å²) in [4.78, 5) is 11.5. The van der Waals surface area contributed by atoms with Crippen LogP contribution >= 0.6 is 0 Å². The standard InChI is InChI=1S/C23H26O4S/c1-5-17-13-21-20(23(3,4)10-11-28(21,26)27)14-19(17)15(2)12-16-6-8-18(9-7-16)22(24)25/h6-9,12-14H,5,10-11H2,1-4H3,(H,24,25)/b15-12+. The Bertz CT molecular complexity index is 1060. The Kier molecular flexibility index (Phi) is 5.24. The third-order valence-corrected chi connectivity index (χ3v) is 7.36. The molecule has 4 nitrogen and oxygen atoms in total. The van der Waals surface area contributed by atoms with Crippen LogP contribution in [0.4, 0.5) is 0 Å². The van der Waals surface area contributed by atoms with Gasteiger partial charge in [0.2, 0.25) is 0 Å². The van der Waals surface area contributed by atoms with E-state index in [1.807, 2.05) is 32.1 Å². The molecule has 5 heteroatoms. The van der Waals surface area contributed by atoms with Crippen LogP contribution in [0.5, 0.6) is 0 Å². The van der Waals surface area contributed by atoms with Gasteiger partial charge in [-0.15, -0.1) is 0 Å². The number of aromatic carboxylic acids is 1. The molecule has 1 aliphatic rings. The molecule has 3 rings (SSSR count). The summed E-state index contributed by atoms with van der Waals surface area (Å²) in [5, 5.41) is 9.04. The van der Waals surface area contributed by atoms with Crippen LogP contribution in [-0.2, 0) is 21.7 Å². The fraction of sp³-hybridized carbons (Fsp3) is 0.348. The molecule has 148 valence electrons. The predicted octanol–water partition coefficient (Wildman–Crippen LogP) is 4.96. The lowest BCUT2D eigenvalue weighted by Gasteiger charge is -2.33. The van der Waals surface area contributed by atoms with Crippen molar-refractivity contribution in [2.45, 2.75) is 50.8 Å².